The second-order valence-corrected chi connectivity index (χ2v) is 9.65. The fraction of sp³-hybridized carbons (Fsp3) is 0.731. The van der Waals surface area contributed by atoms with Gasteiger partial charge in [-0.25, -0.2) is 0 Å². The van der Waals surface area contributed by atoms with Crippen LogP contribution in [0.2, 0.25) is 0 Å². The summed E-state index contributed by atoms with van der Waals surface area (Å²) >= 11 is 0. The average Bonchev–Trinajstić information content (AvgIpc) is 3.19. The van der Waals surface area contributed by atoms with Gasteiger partial charge in [0.05, 0.1) is 6.10 Å². The lowest BCUT2D eigenvalue weighted by atomic mass is 9.97. The number of carbonyl (C=O) groups is 7. The van der Waals surface area contributed by atoms with Crippen molar-refractivity contribution in [2.45, 2.75) is 104 Å². The van der Waals surface area contributed by atoms with Crippen molar-refractivity contribution in [2.24, 2.45) is 0 Å². The Morgan fingerprint density at radius 2 is 1.09 bits per heavy atom. The fourth-order valence-corrected chi connectivity index (χ4v) is 4.42. The molecule has 8 atom stereocenters. The molecule has 0 N–H and O–H groups in total. The SMILES string of the molecule is CC(=O)OCC1OC(O[C@]2(COC(C)=O)O[C@H](COC(C)=O)CC2OC(C)=O)C(OC(C)=O)C(OC(C)=O)[C@@H]1OC(C)=O. The van der Waals surface area contributed by atoms with Crippen molar-refractivity contribution in [3.8, 4) is 0 Å². The Balaban J connectivity index is 2.63. The summed E-state index contributed by atoms with van der Waals surface area (Å²) in [6.07, 6.45) is -10.2. The number of carbonyl (C=O) groups excluding carboxylic acids is 7. The molecule has 2 fully saturated rings. The molecule has 2 aliphatic rings. The zero-order valence-corrected chi connectivity index (χ0v) is 24.8. The summed E-state index contributed by atoms with van der Waals surface area (Å²) in [6.45, 7) is 6.04. The average molecular weight is 621 g/mol. The van der Waals surface area contributed by atoms with Crippen LogP contribution in [-0.2, 0) is 80.9 Å². The zero-order chi connectivity index (χ0) is 32.5. The van der Waals surface area contributed by atoms with E-state index in [1.54, 1.807) is 0 Å². The smallest absolute Gasteiger partial charge is 0.303 e. The molecule has 0 spiro atoms. The molecule has 43 heavy (non-hydrogen) atoms. The maximum atomic E-state index is 12.2. The molecular formula is C26H36O17. The zero-order valence-electron chi connectivity index (χ0n) is 24.8. The molecule has 17 heteroatoms. The lowest BCUT2D eigenvalue weighted by Gasteiger charge is -2.46. The van der Waals surface area contributed by atoms with E-state index in [0.29, 0.717) is 0 Å². The minimum Gasteiger partial charge on any atom is -0.463 e. The van der Waals surface area contributed by atoms with E-state index < -0.39 is 104 Å². The van der Waals surface area contributed by atoms with E-state index >= 15 is 0 Å². The quantitative estimate of drug-likeness (QED) is 0.201. The van der Waals surface area contributed by atoms with Crippen molar-refractivity contribution in [3.63, 3.8) is 0 Å². The van der Waals surface area contributed by atoms with Crippen LogP contribution in [0.5, 0.6) is 0 Å². The molecule has 0 aromatic heterocycles. The molecule has 0 aromatic carbocycles. The highest BCUT2D eigenvalue weighted by atomic mass is 16.8. The first kappa shape index (κ1) is 35.4. The van der Waals surface area contributed by atoms with Crippen molar-refractivity contribution < 1.29 is 80.9 Å². The van der Waals surface area contributed by atoms with Crippen LogP contribution in [0, 0.1) is 0 Å². The summed E-state index contributed by atoms with van der Waals surface area (Å²) in [5.41, 5.74) is 0. The summed E-state index contributed by atoms with van der Waals surface area (Å²) in [7, 11) is 0. The highest BCUT2D eigenvalue weighted by molar-refractivity contribution is 5.69. The van der Waals surface area contributed by atoms with Gasteiger partial charge < -0.3 is 47.4 Å². The summed E-state index contributed by atoms with van der Waals surface area (Å²) in [5, 5.41) is 0. The number of rotatable bonds is 12. The van der Waals surface area contributed by atoms with Crippen molar-refractivity contribution in [3.05, 3.63) is 0 Å². The number of ether oxygens (including phenoxy) is 10. The van der Waals surface area contributed by atoms with Crippen LogP contribution in [0.15, 0.2) is 0 Å². The first-order valence-electron chi connectivity index (χ1n) is 13.1. The molecule has 0 aromatic rings. The third-order valence-electron chi connectivity index (χ3n) is 5.85. The van der Waals surface area contributed by atoms with Gasteiger partial charge in [0.1, 0.15) is 25.9 Å². The molecule has 2 heterocycles. The minimum absolute atomic E-state index is 0.112. The highest BCUT2D eigenvalue weighted by Crippen LogP contribution is 2.40. The van der Waals surface area contributed by atoms with Gasteiger partial charge in [0.15, 0.2) is 24.4 Å². The van der Waals surface area contributed by atoms with Gasteiger partial charge in [-0.05, 0) is 0 Å². The molecule has 0 aliphatic carbocycles. The molecule has 2 rings (SSSR count). The van der Waals surface area contributed by atoms with Crippen LogP contribution in [0.1, 0.15) is 54.9 Å². The van der Waals surface area contributed by atoms with Crippen LogP contribution in [0.25, 0.3) is 0 Å². The third-order valence-corrected chi connectivity index (χ3v) is 5.85. The maximum Gasteiger partial charge on any atom is 0.303 e. The van der Waals surface area contributed by atoms with Gasteiger partial charge >= 0.3 is 41.8 Å². The van der Waals surface area contributed by atoms with Crippen LogP contribution >= 0.6 is 0 Å². The molecule has 2 saturated heterocycles. The monoisotopic (exact) mass is 620 g/mol. The van der Waals surface area contributed by atoms with Crippen LogP contribution in [0.4, 0.5) is 0 Å². The maximum absolute atomic E-state index is 12.2. The van der Waals surface area contributed by atoms with E-state index in [1.165, 1.54) is 6.92 Å². The second kappa shape index (κ2) is 15.6. The van der Waals surface area contributed by atoms with Crippen molar-refractivity contribution in [1.29, 1.82) is 0 Å². The van der Waals surface area contributed by atoms with Crippen molar-refractivity contribution in [1.82, 2.24) is 0 Å². The predicted octanol–water partition coefficient (Wildman–Crippen LogP) is -0.371. The lowest BCUT2D eigenvalue weighted by molar-refractivity contribution is -0.384. The largest absolute Gasteiger partial charge is 0.463 e. The van der Waals surface area contributed by atoms with E-state index in [1.807, 2.05) is 0 Å². The highest BCUT2D eigenvalue weighted by Gasteiger charge is 2.60. The lowest BCUT2D eigenvalue weighted by Crippen LogP contribution is -2.65. The van der Waals surface area contributed by atoms with Crippen LogP contribution in [-0.4, -0.2) is 110 Å². The van der Waals surface area contributed by atoms with Gasteiger partial charge in [-0.15, -0.1) is 0 Å². The van der Waals surface area contributed by atoms with E-state index in [4.69, 9.17) is 47.4 Å². The Bertz CT molecular complexity index is 1070. The summed E-state index contributed by atoms with van der Waals surface area (Å²) in [4.78, 5) is 83.2. The molecule has 0 bridgehead atoms. The Morgan fingerprint density at radius 3 is 1.60 bits per heavy atom. The fourth-order valence-electron chi connectivity index (χ4n) is 4.42. The van der Waals surface area contributed by atoms with E-state index in [-0.39, 0.29) is 13.0 Å². The van der Waals surface area contributed by atoms with E-state index in [0.717, 1.165) is 41.5 Å². The van der Waals surface area contributed by atoms with Gasteiger partial charge in [0, 0.05) is 54.9 Å². The molecule has 0 saturated carbocycles. The molecule has 0 radical (unpaired) electrons. The Morgan fingerprint density at radius 1 is 0.605 bits per heavy atom. The normalized spacial score (nSPS) is 29.9. The van der Waals surface area contributed by atoms with Crippen molar-refractivity contribution in [2.75, 3.05) is 19.8 Å². The molecule has 5 unspecified atom stereocenters. The Kier molecular flexibility index (Phi) is 12.8. The molecule has 2 aliphatic heterocycles. The molecule has 0 amide bonds. The number of esters is 7. The summed E-state index contributed by atoms with van der Waals surface area (Å²) in [5.74, 6) is -7.70. The molecule has 242 valence electrons. The molecular weight excluding hydrogens is 584 g/mol. The predicted molar refractivity (Wildman–Crippen MR) is 134 cm³/mol. The first-order valence-corrected chi connectivity index (χ1v) is 13.1. The van der Waals surface area contributed by atoms with Gasteiger partial charge in [-0.1, -0.05) is 0 Å². The van der Waals surface area contributed by atoms with Gasteiger partial charge in [-0.2, -0.15) is 0 Å². The second-order valence-electron chi connectivity index (χ2n) is 9.65. The first-order chi connectivity index (χ1) is 20.0. The Hall–Kier alpha value is -3.83. The van der Waals surface area contributed by atoms with Crippen LogP contribution in [0.3, 0.4) is 0 Å². The number of hydrogen-bond donors (Lipinski definition) is 0. The van der Waals surface area contributed by atoms with Crippen LogP contribution < -0.4 is 0 Å². The van der Waals surface area contributed by atoms with E-state index in [9.17, 15) is 33.6 Å². The van der Waals surface area contributed by atoms with Crippen molar-refractivity contribution >= 4 is 41.8 Å². The minimum atomic E-state index is -2.16. The standard InChI is InChI=1S/C26H36O17/c1-12(27)34-9-19-8-21(37-15(4)30)26(42-19,11-36-14(3)29)43-25-24(40-18(7)33)23(39-17(6)32)22(38-16(5)31)20(41-25)10-35-13(2)28/h19-25H,8-11H2,1-7H3/t19-,20?,21?,22+,23?,24?,25?,26-/m0/s1. The topological polar surface area (TPSA) is 212 Å². The van der Waals surface area contributed by atoms with E-state index in [2.05, 4.69) is 0 Å². The van der Waals surface area contributed by atoms with Gasteiger partial charge in [-0.3, -0.25) is 33.6 Å². The number of hydrogen-bond acceptors (Lipinski definition) is 17. The summed E-state index contributed by atoms with van der Waals surface area (Å²) in [6, 6.07) is 0. The summed E-state index contributed by atoms with van der Waals surface area (Å²) < 4.78 is 54.9. The van der Waals surface area contributed by atoms with Gasteiger partial charge in [0.2, 0.25) is 12.1 Å². The van der Waals surface area contributed by atoms with Gasteiger partial charge in [0.25, 0.3) is 0 Å². The Labute approximate surface area is 246 Å². The third kappa shape index (κ3) is 10.7. The molecule has 17 nitrogen and oxygen atoms in total.